The van der Waals surface area contributed by atoms with Gasteiger partial charge in [-0.2, -0.15) is 0 Å². The number of carbonyl (C=O) groups excluding carboxylic acids is 10. The van der Waals surface area contributed by atoms with Crippen LogP contribution in [0.5, 0.6) is 0 Å². The number of aliphatic imine (C=N–C) groups is 1. The molecule has 10 amide bonds. The molecule has 29 nitrogen and oxygen atoms in total. The fourth-order valence-electron chi connectivity index (χ4n) is 7.40. The summed E-state index contributed by atoms with van der Waals surface area (Å²) >= 11 is 0. The third kappa shape index (κ3) is 27.4. The fraction of sp³-hybridized carbons (Fsp3) is 0.696. The van der Waals surface area contributed by atoms with Gasteiger partial charge in [-0.05, 0) is 123 Å². The first-order valence-corrected chi connectivity index (χ1v) is 25.5. The maximum Gasteiger partial charge on any atom is 0.269 e. The number of guanidine groups is 1. The predicted molar refractivity (Wildman–Crippen MR) is 278 cm³/mol. The lowest BCUT2D eigenvalue weighted by Gasteiger charge is -2.28. The van der Waals surface area contributed by atoms with Crippen LogP contribution in [0.25, 0.3) is 0 Å². The molecule has 424 valence electrons. The number of likely N-dealkylation sites (tertiary alicyclic amines) is 1. The minimum atomic E-state index is -1.49. The normalized spacial score (nSPS) is 15.5. The summed E-state index contributed by atoms with van der Waals surface area (Å²) in [4.78, 5) is 138. The molecule has 0 radical (unpaired) electrons. The summed E-state index contributed by atoms with van der Waals surface area (Å²) in [5.41, 5.74) is 38.4. The van der Waals surface area contributed by atoms with Gasteiger partial charge in [0.25, 0.3) is 17.7 Å². The fourth-order valence-corrected chi connectivity index (χ4v) is 7.40. The molecule has 0 aromatic heterocycles. The first-order valence-electron chi connectivity index (χ1n) is 25.5. The smallest absolute Gasteiger partial charge is 0.269 e. The Hall–Kier alpha value is -6.66. The van der Waals surface area contributed by atoms with Crippen molar-refractivity contribution in [3.63, 3.8) is 0 Å². The Balaban J connectivity index is 3.43. The van der Waals surface area contributed by atoms with Gasteiger partial charge in [0.2, 0.25) is 41.4 Å². The molecule has 24 N–H and O–H groups in total. The molecule has 6 atom stereocenters. The Bertz CT molecular complexity index is 1970. The largest absolute Gasteiger partial charge is 0.391 e. The molecular weight excluding hydrogens is 981 g/mol. The topological polar surface area (TPSA) is 509 Å². The van der Waals surface area contributed by atoms with E-state index in [0.29, 0.717) is 64.6 Å². The highest BCUT2D eigenvalue weighted by atomic mass is 16.3. The van der Waals surface area contributed by atoms with Crippen LogP contribution in [-0.2, 0) is 47.9 Å². The molecule has 0 aromatic carbocycles. The number of primary amides is 1. The number of hydrogen-bond donors (Lipinski definition) is 17. The van der Waals surface area contributed by atoms with Crippen LogP contribution in [0, 0.1) is 5.41 Å². The number of nitrogens with two attached hydrogens (primary N) is 7. The van der Waals surface area contributed by atoms with Gasteiger partial charge >= 0.3 is 0 Å². The van der Waals surface area contributed by atoms with Crippen molar-refractivity contribution < 1.29 is 53.1 Å². The van der Waals surface area contributed by atoms with Crippen molar-refractivity contribution in [2.75, 3.05) is 58.9 Å². The van der Waals surface area contributed by atoms with E-state index in [1.807, 2.05) is 0 Å². The van der Waals surface area contributed by atoms with E-state index in [1.54, 1.807) is 0 Å². The zero-order chi connectivity index (χ0) is 56.3. The molecule has 0 spiro atoms. The SMILES string of the molecule is C[C@H](NC(=O)C[C@@H](O)CN)C(=O)NCC(=O)/N=C(\CCCN)C(=O)N1CCC[C@H]1C(=O)N[C@@H](CCC(N)=O)C(=O)N[C@@H](CCCCN)C(=O)N/C(=C\CCNC(=N)N)C(=O)N[C@@H](CCCCN)C(=O)NCCCCN. The quantitative estimate of drug-likeness (QED) is 0.0118. The molecule has 1 rings (SSSR count). The van der Waals surface area contributed by atoms with E-state index in [2.05, 4.69) is 47.5 Å². The second-order valence-electron chi connectivity index (χ2n) is 17.8. The zero-order valence-electron chi connectivity index (χ0n) is 43.2. The number of amides is 10. The van der Waals surface area contributed by atoms with Gasteiger partial charge in [0.05, 0.1) is 19.1 Å². The van der Waals surface area contributed by atoms with Crippen LogP contribution in [-0.4, -0.2) is 176 Å². The number of aliphatic hydroxyl groups excluding tert-OH is 1. The van der Waals surface area contributed by atoms with Crippen LogP contribution < -0.4 is 82.7 Å². The van der Waals surface area contributed by atoms with E-state index in [4.69, 9.17) is 45.5 Å². The molecule has 1 saturated heterocycles. The van der Waals surface area contributed by atoms with Gasteiger partial charge in [0, 0.05) is 32.6 Å². The van der Waals surface area contributed by atoms with E-state index in [-0.39, 0.29) is 108 Å². The van der Waals surface area contributed by atoms with Crippen molar-refractivity contribution in [2.45, 2.75) is 146 Å². The molecule has 1 aliphatic heterocycles. The minimum Gasteiger partial charge on any atom is -0.391 e. The highest BCUT2D eigenvalue weighted by Gasteiger charge is 2.38. The standard InChI is InChI=1S/C46H84N18O11/c1-28(58-37(67)25-29(65)26-51)39(69)57-27-38(68)59-34(13-8-21-50)45(75)64-24-10-15-35(64)44(74)63-33(16-17-36(52)66)43(73)61-31(12-3-5-19-48)41(71)62-32(14-9-23-56-46(53)54)42(72)60-30(11-2-4-18-47)40(70)55-22-7-6-20-49/h14,28-31,33,35,65H,2-13,15-27,47-51H2,1H3,(H2,52,66)(H,55,70)(H,57,69)(H,58,67)(H,60,72)(H,61,73)(H,62,71)(H,63,74)(H4,53,54,56)/b32-14-,59-34+/t28-,29+,30-,31-,33-,35-/m0/s1. The third-order valence-corrected chi connectivity index (χ3v) is 11.5. The zero-order valence-corrected chi connectivity index (χ0v) is 43.2. The minimum absolute atomic E-state index is 0.00692. The molecular formula is C46H84N18O11. The highest BCUT2D eigenvalue weighted by molar-refractivity contribution is 6.40. The Kier molecular flexibility index (Phi) is 33.6. The second kappa shape index (κ2) is 38.0. The van der Waals surface area contributed by atoms with E-state index >= 15 is 0 Å². The van der Waals surface area contributed by atoms with Gasteiger partial charge in [-0.3, -0.25) is 53.4 Å². The van der Waals surface area contributed by atoms with E-state index in [0.717, 1.165) is 0 Å². The first kappa shape index (κ1) is 66.4. The summed E-state index contributed by atoms with van der Waals surface area (Å²) in [6.45, 7) is 2.08. The van der Waals surface area contributed by atoms with Gasteiger partial charge in [-0.1, -0.05) is 6.08 Å². The number of carbonyl (C=O) groups is 10. The molecule has 0 aromatic rings. The number of nitrogens with one attached hydrogen (secondary N) is 9. The lowest BCUT2D eigenvalue weighted by atomic mass is 10.0. The molecule has 75 heavy (non-hydrogen) atoms. The second-order valence-corrected chi connectivity index (χ2v) is 17.8. The summed E-state index contributed by atoms with van der Waals surface area (Å²) < 4.78 is 0. The van der Waals surface area contributed by atoms with Gasteiger partial charge < -0.3 is 92.7 Å². The van der Waals surface area contributed by atoms with Crippen LogP contribution in [0.15, 0.2) is 16.8 Å². The molecule has 0 saturated carbocycles. The average Bonchev–Trinajstić information content (AvgIpc) is 3.87. The molecule has 0 unspecified atom stereocenters. The molecule has 0 bridgehead atoms. The van der Waals surface area contributed by atoms with Gasteiger partial charge in [-0.15, -0.1) is 0 Å². The maximum atomic E-state index is 14.2. The number of nitrogens with zero attached hydrogens (tertiary/aromatic N) is 2. The van der Waals surface area contributed by atoms with Crippen molar-refractivity contribution in [3.8, 4) is 0 Å². The van der Waals surface area contributed by atoms with Crippen molar-refractivity contribution >= 4 is 70.7 Å². The number of hydrogen-bond acceptors (Lipinski definition) is 17. The summed E-state index contributed by atoms with van der Waals surface area (Å²) in [7, 11) is 0. The molecule has 0 aliphatic carbocycles. The maximum absolute atomic E-state index is 14.2. The van der Waals surface area contributed by atoms with Crippen LogP contribution in [0.4, 0.5) is 0 Å². The summed E-state index contributed by atoms with van der Waals surface area (Å²) in [6, 6.07) is -6.17. The Labute approximate surface area is 437 Å². The third-order valence-electron chi connectivity index (χ3n) is 11.5. The number of rotatable bonds is 38. The van der Waals surface area contributed by atoms with Gasteiger partial charge in [-0.25, -0.2) is 4.99 Å². The molecule has 1 heterocycles. The summed E-state index contributed by atoms with van der Waals surface area (Å²) in [6.07, 6.45) is 3.11. The lowest BCUT2D eigenvalue weighted by Crippen LogP contribution is -2.57. The summed E-state index contributed by atoms with van der Waals surface area (Å²) in [5, 5.41) is 37.6. The Morgan fingerprint density at radius 2 is 1.31 bits per heavy atom. The van der Waals surface area contributed by atoms with E-state index in [9.17, 15) is 53.1 Å². The monoisotopic (exact) mass is 1060 g/mol. The van der Waals surface area contributed by atoms with E-state index < -0.39 is 102 Å². The van der Waals surface area contributed by atoms with Gasteiger partial charge in [0.15, 0.2) is 5.96 Å². The lowest BCUT2D eigenvalue weighted by molar-refractivity contribution is -0.137. The van der Waals surface area contributed by atoms with Crippen LogP contribution in [0.1, 0.15) is 110 Å². The Morgan fingerprint density at radius 3 is 1.91 bits per heavy atom. The summed E-state index contributed by atoms with van der Waals surface area (Å²) in [5.74, 6) is -8.17. The highest BCUT2D eigenvalue weighted by Crippen LogP contribution is 2.20. The van der Waals surface area contributed by atoms with Gasteiger partial charge in [0.1, 0.15) is 41.6 Å². The Morgan fingerprint density at radius 1 is 0.693 bits per heavy atom. The number of unbranched alkanes of at least 4 members (excludes halogenated alkanes) is 3. The molecule has 1 fully saturated rings. The van der Waals surface area contributed by atoms with Crippen molar-refractivity contribution in [1.82, 2.24) is 47.4 Å². The van der Waals surface area contributed by atoms with Crippen molar-refractivity contribution in [2.24, 2.45) is 45.1 Å². The number of aliphatic hydroxyl groups is 1. The van der Waals surface area contributed by atoms with Crippen LogP contribution in [0.2, 0.25) is 0 Å². The van der Waals surface area contributed by atoms with Crippen molar-refractivity contribution in [3.05, 3.63) is 11.8 Å². The first-order chi connectivity index (χ1) is 35.7. The van der Waals surface area contributed by atoms with Crippen LogP contribution in [0.3, 0.4) is 0 Å². The average molecular weight is 1070 g/mol. The predicted octanol–water partition coefficient (Wildman–Crippen LogP) is -6.28. The van der Waals surface area contributed by atoms with E-state index in [1.165, 1.54) is 17.9 Å². The molecule has 1 aliphatic rings. The van der Waals surface area contributed by atoms with Crippen LogP contribution >= 0.6 is 0 Å². The van der Waals surface area contributed by atoms with Crippen molar-refractivity contribution in [1.29, 1.82) is 5.41 Å². The molecule has 29 heteroatoms.